The zero-order valence-electron chi connectivity index (χ0n) is 10.3. The lowest BCUT2D eigenvalue weighted by Crippen LogP contribution is -2.27. The molecule has 0 aromatic heterocycles. The average Bonchev–Trinajstić information content (AvgIpc) is 2.77. The topological polar surface area (TPSA) is 69.7 Å². The van der Waals surface area contributed by atoms with Crippen LogP contribution in [0.3, 0.4) is 0 Å². The van der Waals surface area contributed by atoms with Crippen LogP contribution in [-0.2, 0) is 25.0 Å². The maximum Gasteiger partial charge on any atom is 0.347 e. The number of rotatable bonds is 4. The van der Waals surface area contributed by atoms with Gasteiger partial charge >= 0.3 is 5.97 Å². The Hall–Kier alpha value is -1.27. The maximum atomic E-state index is 11.7. The monoisotopic (exact) mass is 304 g/mol. The molecule has 1 unspecified atom stereocenters. The van der Waals surface area contributed by atoms with E-state index >= 15 is 0 Å². The molecule has 0 radical (unpaired) electrons. The third-order valence-corrected chi connectivity index (χ3v) is 4.05. The summed E-state index contributed by atoms with van der Waals surface area (Å²) in [5.41, 5.74) is 0.639. The van der Waals surface area contributed by atoms with Crippen molar-refractivity contribution in [2.24, 2.45) is 0 Å². The van der Waals surface area contributed by atoms with Crippen molar-refractivity contribution < 1.29 is 22.7 Å². The summed E-state index contributed by atoms with van der Waals surface area (Å²) in [5.74, 6) is 0.0517. The van der Waals surface area contributed by atoms with Crippen LogP contribution >= 0.6 is 10.7 Å². The van der Waals surface area contributed by atoms with Gasteiger partial charge in [0.05, 0.1) is 11.5 Å². The molecule has 0 N–H and O–H groups in total. The molecule has 2 rings (SSSR count). The van der Waals surface area contributed by atoms with E-state index in [0.717, 1.165) is 6.42 Å². The zero-order chi connectivity index (χ0) is 14.0. The number of fused-ring (bicyclic) bond motifs is 1. The summed E-state index contributed by atoms with van der Waals surface area (Å²) < 4.78 is 32.9. The van der Waals surface area contributed by atoms with Crippen LogP contribution in [0.5, 0.6) is 5.75 Å². The molecule has 0 fully saturated rings. The van der Waals surface area contributed by atoms with Crippen LogP contribution in [0.1, 0.15) is 18.9 Å². The Morgan fingerprint density at radius 2 is 2.26 bits per heavy atom. The van der Waals surface area contributed by atoms with E-state index in [2.05, 4.69) is 0 Å². The van der Waals surface area contributed by atoms with Gasteiger partial charge in [-0.25, -0.2) is 13.2 Å². The second-order valence-electron chi connectivity index (χ2n) is 4.19. The molecular weight excluding hydrogens is 292 g/mol. The molecule has 0 saturated carbocycles. The molecule has 1 aliphatic rings. The number of esters is 1. The molecule has 0 bridgehead atoms. The van der Waals surface area contributed by atoms with E-state index in [0.29, 0.717) is 17.9 Å². The minimum Gasteiger partial charge on any atom is -0.478 e. The highest BCUT2D eigenvalue weighted by molar-refractivity contribution is 8.13. The van der Waals surface area contributed by atoms with Crippen molar-refractivity contribution in [2.75, 3.05) is 6.61 Å². The lowest BCUT2D eigenvalue weighted by atomic mass is 10.1. The van der Waals surface area contributed by atoms with E-state index in [1.807, 2.05) is 6.92 Å². The number of benzene rings is 1. The largest absolute Gasteiger partial charge is 0.478 e. The fourth-order valence-electron chi connectivity index (χ4n) is 1.80. The van der Waals surface area contributed by atoms with Gasteiger partial charge in [0.25, 0.3) is 9.05 Å². The smallest absolute Gasteiger partial charge is 0.347 e. The number of carbonyl (C=O) groups excluding carboxylic acids is 1. The van der Waals surface area contributed by atoms with Crippen molar-refractivity contribution in [2.45, 2.75) is 30.8 Å². The van der Waals surface area contributed by atoms with Gasteiger partial charge in [0.2, 0.25) is 0 Å². The second-order valence-corrected chi connectivity index (χ2v) is 6.75. The molecule has 1 atom stereocenters. The maximum absolute atomic E-state index is 11.7. The molecule has 1 heterocycles. The molecule has 7 heteroatoms. The van der Waals surface area contributed by atoms with Crippen molar-refractivity contribution in [3.8, 4) is 5.75 Å². The summed E-state index contributed by atoms with van der Waals surface area (Å²) in [6.45, 7) is 2.24. The summed E-state index contributed by atoms with van der Waals surface area (Å²) in [6.07, 6.45) is 0.313. The Morgan fingerprint density at radius 1 is 1.53 bits per heavy atom. The Morgan fingerprint density at radius 3 is 2.89 bits per heavy atom. The quantitative estimate of drug-likeness (QED) is 0.627. The van der Waals surface area contributed by atoms with Crippen LogP contribution in [0.25, 0.3) is 0 Å². The van der Waals surface area contributed by atoms with Gasteiger partial charge in [-0.3, -0.25) is 0 Å². The first-order valence-corrected chi connectivity index (χ1v) is 8.13. The summed E-state index contributed by atoms with van der Waals surface area (Å²) in [6, 6.07) is 4.27. The van der Waals surface area contributed by atoms with Crippen molar-refractivity contribution in [3.63, 3.8) is 0 Å². The summed E-state index contributed by atoms with van der Waals surface area (Å²) >= 11 is 0. The SMILES string of the molecule is CCCOC(=O)C1Cc2cc(S(=O)(=O)Cl)ccc2O1. The van der Waals surface area contributed by atoms with Gasteiger partial charge in [-0.15, -0.1) is 0 Å². The predicted molar refractivity (Wildman–Crippen MR) is 68.9 cm³/mol. The summed E-state index contributed by atoms with van der Waals surface area (Å²) in [4.78, 5) is 11.7. The van der Waals surface area contributed by atoms with Crippen molar-refractivity contribution in [1.82, 2.24) is 0 Å². The first kappa shape index (κ1) is 14.1. The van der Waals surface area contributed by atoms with Crippen LogP contribution < -0.4 is 4.74 Å². The van der Waals surface area contributed by atoms with Gasteiger partial charge < -0.3 is 9.47 Å². The third-order valence-electron chi connectivity index (χ3n) is 2.70. The highest BCUT2D eigenvalue weighted by Gasteiger charge is 2.31. The highest BCUT2D eigenvalue weighted by atomic mass is 35.7. The van der Waals surface area contributed by atoms with E-state index in [1.165, 1.54) is 18.2 Å². The van der Waals surface area contributed by atoms with Crippen LogP contribution in [0, 0.1) is 0 Å². The lowest BCUT2D eigenvalue weighted by Gasteiger charge is -2.09. The summed E-state index contributed by atoms with van der Waals surface area (Å²) in [7, 11) is 1.49. The first-order chi connectivity index (χ1) is 8.91. The van der Waals surface area contributed by atoms with Crippen LogP contribution in [0.15, 0.2) is 23.1 Å². The van der Waals surface area contributed by atoms with Crippen molar-refractivity contribution in [1.29, 1.82) is 0 Å². The van der Waals surface area contributed by atoms with Gasteiger partial charge in [0.1, 0.15) is 5.75 Å². The Bertz CT molecular complexity index is 596. The molecule has 1 aromatic rings. The molecular formula is C12H13ClO5S. The van der Waals surface area contributed by atoms with Crippen LogP contribution in [0.4, 0.5) is 0 Å². The molecule has 0 amide bonds. The normalized spacial score (nSPS) is 17.7. The Kier molecular flexibility index (Phi) is 4.01. The van der Waals surface area contributed by atoms with Crippen LogP contribution in [0.2, 0.25) is 0 Å². The number of hydrogen-bond acceptors (Lipinski definition) is 5. The lowest BCUT2D eigenvalue weighted by molar-refractivity contribution is -0.151. The van der Waals surface area contributed by atoms with Crippen LogP contribution in [-0.4, -0.2) is 27.1 Å². The minimum absolute atomic E-state index is 0.000841. The molecule has 0 spiro atoms. The van der Waals surface area contributed by atoms with E-state index in [9.17, 15) is 13.2 Å². The number of hydrogen-bond donors (Lipinski definition) is 0. The van der Waals surface area contributed by atoms with E-state index < -0.39 is 21.1 Å². The van der Waals surface area contributed by atoms with Gasteiger partial charge in [0, 0.05) is 17.1 Å². The predicted octanol–water partition coefficient (Wildman–Crippen LogP) is 1.87. The van der Waals surface area contributed by atoms with Gasteiger partial charge in [-0.2, -0.15) is 0 Å². The molecule has 1 aromatic carbocycles. The Labute approximate surface area is 115 Å². The zero-order valence-corrected chi connectivity index (χ0v) is 11.8. The van der Waals surface area contributed by atoms with Crippen molar-refractivity contribution in [3.05, 3.63) is 23.8 Å². The molecule has 19 heavy (non-hydrogen) atoms. The molecule has 0 saturated heterocycles. The van der Waals surface area contributed by atoms with Crippen molar-refractivity contribution >= 4 is 25.7 Å². The fraction of sp³-hybridized carbons (Fsp3) is 0.417. The second kappa shape index (κ2) is 5.38. The van der Waals surface area contributed by atoms with E-state index in [-0.39, 0.29) is 11.3 Å². The average molecular weight is 305 g/mol. The van der Waals surface area contributed by atoms with Gasteiger partial charge in [-0.05, 0) is 30.2 Å². The molecule has 5 nitrogen and oxygen atoms in total. The number of halogens is 1. The summed E-state index contributed by atoms with van der Waals surface area (Å²) in [5, 5.41) is 0. The van der Waals surface area contributed by atoms with E-state index in [4.69, 9.17) is 20.2 Å². The molecule has 0 aliphatic carbocycles. The van der Waals surface area contributed by atoms with E-state index in [1.54, 1.807) is 0 Å². The van der Waals surface area contributed by atoms with Gasteiger partial charge in [-0.1, -0.05) is 6.92 Å². The minimum atomic E-state index is -3.78. The highest BCUT2D eigenvalue weighted by Crippen LogP contribution is 2.32. The Balaban J connectivity index is 2.14. The number of carbonyl (C=O) groups is 1. The molecule has 1 aliphatic heterocycles. The fourth-order valence-corrected chi connectivity index (χ4v) is 2.61. The standard InChI is InChI=1S/C12H13ClO5S/c1-2-5-17-12(14)11-7-8-6-9(19(13,15)16)3-4-10(8)18-11/h3-4,6,11H,2,5,7H2,1H3. The van der Waals surface area contributed by atoms with Gasteiger partial charge in [0.15, 0.2) is 6.10 Å². The third kappa shape index (κ3) is 3.19. The molecule has 104 valence electrons. The number of ether oxygens (including phenoxy) is 2. The first-order valence-electron chi connectivity index (χ1n) is 5.82.